The fraction of sp³-hybridized carbons (Fsp3) is 0.818. The van der Waals surface area contributed by atoms with Crippen LogP contribution in [0, 0.1) is 0 Å². The van der Waals surface area contributed by atoms with Gasteiger partial charge < -0.3 is 15.3 Å². The highest BCUT2D eigenvalue weighted by molar-refractivity contribution is 5.83. The van der Waals surface area contributed by atoms with Gasteiger partial charge >= 0.3 is 12.0 Å². The Morgan fingerprint density at radius 3 is 2.56 bits per heavy atom. The predicted molar refractivity (Wildman–Crippen MR) is 60.3 cm³/mol. The number of carbonyl (C=O) groups excluding carboxylic acids is 1. The molecule has 1 atom stereocenters. The van der Waals surface area contributed by atoms with E-state index >= 15 is 0 Å². The Balaban J connectivity index is 2.56. The summed E-state index contributed by atoms with van der Waals surface area (Å²) in [5.41, 5.74) is 0. The number of urea groups is 1. The fourth-order valence-electron chi connectivity index (χ4n) is 2.02. The number of rotatable bonds is 4. The Hall–Kier alpha value is -1.26. The molecule has 1 saturated heterocycles. The fourth-order valence-corrected chi connectivity index (χ4v) is 2.02. The lowest BCUT2D eigenvalue weighted by molar-refractivity contribution is -0.141. The van der Waals surface area contributed by atoms with Gasteiger partial charge in [-0.25, -0.2) is 9.59 Å². The molecule has 0 radical (unpaired) electrons. The second kappa shape index (κ2) is 5.72. The number of likely N-dealkylation sites (tertiary alicyclic amines) is 1. The third-order valence-corrected chi connectivity index (χ3v) is 3.11. The van der Waals surface area contributed by atoms with Gasteiger partial charge in [0.2, 0.25) is 0 Å². The van der Waals surface area contributed by atoms with E-state index in [-0.39, 0.29) is 12.1 Å². The number of hydrogen-bond donors (Lipinski definition) is 2. The SMILES string of the molecule is CCC(CC)NC(=O)N1CCC[C@H]1C(=O)O. The van der Waals surface area contributed by atoms with Crippen LogP contribution in [0.3, 0.4) is 0 Å². The quantitative estimate of drug-likeness (QED) is 0.764. The number of nitrogens with one attached hydrogen (secondary N) is 1. The third-order valence-electron chi connectivity index (χ3n) is 3.11. The van der Waals surface area contributed by atoms with Crippen LogP contribution in [0.1, 0.15) is 39.5 Å². The molecule has 5 heteroatoms. The minimum Gasteiger partial charge on any atom is -0.480 e. The first-order valence-corrected chi connectivity index (χ1v) is 5.90. The number of carboxylic acid groups (broad SMARTS) is 1. The zero-order chi connectivity index (χ0) is 12.1. The zero-order valence-electron chi connectivity index (χ0n) is 9.90. The maximum Gasteiger partial charge on any atom is 0.326 e. The van der Waals surface area contributed by atoms with Crippen LogP contribution >= 0.6 is 0 Å². The van der Waals surface area contributed by atoms with Gasteiger partial charge in [-0.05, 0) is 25.7 Å². The molecule has 0 aliphatic carbocycles. The van der Waals surface area contributed by atoms with Crippen molar-refractivity contribution in [2.75, 3.05) is 6.54 Å². The van der Waals surface area contributed by atoms with Crippen molar-refractivity contribution in [3.05, 3.63) is 0 Å². The van der Waals surface area contributed by atoms with Crippen molar-refractivity contribution in [1.82, 2.24) is 10.2 Å². The van der Waals surface area contributed by atoms with Gasteiger partial charge in [0.05, 0.1) is 0 Å². The van der Waals surface area contributed by atoms with Gasteiger partial charge in [0, 0.05) is 12.6 Å². The lowest BCUT2D eigenvalue weighted by Crippen LogP contribution is -2.48. The number of aliphatic carboxylic acids is 1. The highest BCUT2D eigenvalue weighted by Crippen LogP contribution is 2.17. The van der Waals surface area contributed by atoms with Crippen molar-refractivity contribution in [3.8, 4) is 0 Å². The molecule has 1 aliphatic rings. The Morgan fingerprint density at radius 1 is 1.44 bits per heavy atom. The summed E-state index contributed by atoms with van der Waals surface area (Å²) in [5, 5.41) is 11.8. The van der Waals surface area contributed by atoms with Crippen LogP contribution in [0.4, 0.5) is 4.79 Å². The Morgan fingerprint density at radius 2 is 2.06 bits per heavy atom. The average molecular weight is 228 g/mol. The van der Waals surface area contributed by atoms with Crippen LogP contribution in [0.5, 0.6) is 0 Å². The first-order chi connectivity index (χ1) is 7.60. The molecule has 0 saturated carbocycles. The van der Waals surface area contributed by atoms with Crippen molar-refractivity contribution < 1.29 is 14.7 Å². The van der Waals surface area contributed by atoms with E-state index in [4.69, 9.17) is 5.11 Å². The summed E-state index contributed by atoms with van der Waals surface area (Å²) in [6.45, 7) is 4.56. The molecule has 0 aromatic heterocycles. The molecule has 1 heterocycles. The molecule has 0 bridgehead atoms. The summed E-state index contributed by atoms with van der Waals surface area (Å²) in [5.74, 6) is -0.905. The normalized spacial score (nSPS) is 20.2. The minimum atomic E-state index is -0.905. The van der Waals surface area contributed by atoms with Crippen molar-refractivity contribution in [2.24, 2.45) is 0 Å². The maximum absolute atomic E-state index is 11.8. The van der Waals surface area contributed by atoms with Crippen LogP contribution < -0.4 is 5.32 Å². The summed E-state index contributed by atoms with van der Waals surface area (Å²) in [6, 6.07) is -0.740. The van der Waals surface area contributed by atoms with Crippen molar-refractivity contribution in [1.29, 1.82) is 0 Å². The van der Waals surface area contributed by atoms with Crippen LogP contribution in [0.15, 0.2) is 0 Å². The largest absolute Gasteiger partial charge is 0.480 e. The smallest absolute Gasteiger partial charge is 0.326 e. The molecule has 2 amide bonds. The van der Waals surface area contributed by atoms with Gasteiger partial charge in [-0.3, -0.25) is 0 Å². The van der Waals surface area contributed by atoms with Gasteiger partial charge in [0.1, 0.15) is 6.04 Å². The lowest BCUT2D eigenvalue weighted by atomic mass is 10.2. The van der Waals surface area contributed by atoms with E-state index in [0.29, 0.717) is 13.0 Å². The average Bonchev–Trinajstić information content (AvgIpc) is 2.74. The van der Waals surface area contributed by atoms with E-state index in [1.807, 2.05) is 13.8 Å². The molecule has 0 aromatic rings. The van der Waals surface area contributed by atoms with Gasteiger partial charge in [0.15, 0.2) is 0 Å². The number of nitrogens with zero attached hydrogens (tertiary/aromatic N) is 1. The van der Waals surface area contributed by atoms with Gasteiger partial charge in [-0.1, -0.05) is 13.8 Å². The van der Waals surface area contributed by atoms with E-state index in [0.717, 1.165) is 19.3 Å². The molecular weight excluding hydrogens is 208 g/mol. The molecule has 2 N–H and O–H groups in total. The molecule has 1 rings (SSSR count). The Bertz CT molecular complexity index is 264. The topological polar surface area (TPSA) is 69.6 Å². The molecule has 1 aliphatic heterocycles. The van der Waals surface area contributed by atoms with Crippen LogP contribution in [0.2, 0.25) is 0 Å². The molecule has 0 spiro atoms. The molecule has 0 aromatic carbocycles. The highest BCUT2D eigenvalue weighted by atomic mass is 16.4. The summed E-state index contributed by atoms with van der Waals surface area (Å²) in [6.07, 6.45) is 3.07. The van der Waals surface area contributed by atoms with Gasteiger partial charge in [-0.15, -0.1) is 0 Å². The van der Waals surface area contributed by atoms with Crippen molar-refractivity contribution in [2.45, 2.75) is 51.6 Å². The molecular formula is C11H20N2O3. The second-order valence-electron chi connectivity index (χ2n) is 4.15. The molecule has 0 unspecified atom stereocenters. The van der Waals surface area contributed by atoms with E-state index in [1.54, 1.807) is 0 Å². The number of carboxylic acids is 1. The first-order valence-electron chi connectivity index (χ1n) is 5.90. The summed E-state index contributed by atoms with van der Waals surface area (Å²) >= 11 is 0. The molecule has 5 nitrogen and oxygen atoms in total. The highest BCUT2D eigenvalue weighted by Gasteiger charge is 2.34. The zero-order valence-corrected chi connectivity index (χ0v) is 9.90. The number of amides is 2. The van der Waals surface area contributed by atoms with Crippen LogP contribution in [-0.2, 0) is 4.79 Å². The Labute approximate surface area is 95.8 Å². The Kier molecular flexibility index (Phi) is 4.58. The van der Waals surface area contributed by atoms with E-state index in [9.17, 15) is 9.59 Å². The molecule has 1 fully saturated rings. The summed E-state index contributed by atoms with van der Waals surface area (Å²) in [7, 11) is 0. The van der Waals surface area contributed by atoms with E-state index in [2.05, 4.69) is 5.32 Å². The minimum absolute atomic E-state index is 0.141. The van der Waals surface area contributed by atoms with Crippen LogP contribution in [-0.4, -0.2) is 40.6 Å². The molecule has 92 valence electrons. The maximum atomic E-state index is 11.8. The lowest BCUT2D eigenvalue weighted by Gasteiger charge is -2.24. The van der Waals surface area contributed by atoms with Gasteiger partial charge in [0.25, 0.3) is 0 Å². The molecule has 16 heavy (non-hydrogen) atoms. The van der Waals surface area contributed by atoms with Crippen molar-refractivity contribution in [3.63, 3.8) is 0 Å². The standard InChI is InChI=1S/C11H20N2O3/c1-3-8(4-2)12-11(16)13-7-5-6-9(13)10(14)15/h8-9H,3-7H2,1-2H3,(H,12,16)(H,14,15)/t9-/m0/s1. The monoisotopic (exact) mass is 228 g/mol. The second-order valence-corrected chi connectivity index (χ2v) is 4.15. The van der Waals surface area contributed by atoms with Crippen LogP contribution in [0.25, 0.3) is 0 Å². The number of hydrogen-bond acceptors (Lipinski definition) is 2. The summed E-state index contributed by atoms with van der Waals surface area (Å²) < 4.78 is 0. The first kappa shape index (κ1) is 12.8. The van der Waals surface area contributed by atoms with E-state index in [1.165, 1.54) is 4.90 Å². The number of carbonyl (C=O) groups is 2. The van der Waals surface area contributed by atoms with Crippen molar-refractivity contribution >= 4 is 12.0 Å². The van der Waals surface area contributed by atoms with Gasteiger partial charge in [-0.2, -0.15) is 0 Å². The predicted octanol–water partition coefficient (Wildman–Crippen LogP) is 1.43. The summed E-state index contributed by atoms with van der Waals surface area (Å²) in [4.78, 5) is 24.2. The third kappa shape index (κ3) is 2.87. The van der Waals surface area contributed by atoms with E-state index < -0.39 is 12.0 Å².